The van der Waals surface area contributed by atoms with Crippen molar-refractivity contribution >= 4 is 0 Å². The summed E-state index contributed by atoms with van der Waals surface area (Å²) in [7, 11) is 0. The first-order chi connectivity index (χ1) is 16.4. The lowest BCUT2D eigenvalue weighted by atomic mass is 10.1. The highest BCUT2D eigenvalue weighted by Crippen LogP contribution is 2.32. The van der Waals surface area contributed by atoms with Gasteiger partial charge in [-0.1, -0.05) is 38.0 Å². The topological polar surface area (TPSA) is 59.8 Å². The van der Waals surface area contributed by atoms with Gasteiger partial charge < -0.3 is 14.6 Å². The van der Waals surface area contributed by atoms with E-state index in [9.17, 15) is 9.50 Å². The van der Waals surface area contributed by atoms with Gasteiger partial charge in [0.1, 0.15) is 18.2 Å². The van der Waals surface area contributed by atoms with E-state index in [2.05, 4.69) is 24.7 Å². The standard InChI is InChI=1S/C27H32FN3O3/c1-5-15-33-19-24(32)17-30(16-20(2)3)18-26-21(4)29-31(23-9-7-6-8-10-23)27(26)34-25-13-11-22(28)12-14-25/h1,6-14,20,24,32H,15-19H2,2-4H3. The third-order valence-electron chi connectivity index (χ3n) is 5.14. The molecule has 180 valence electrons. The normalized spacial score (nSPS) is 12.2. The van der Waals surface area contributed by atoms with Crippen molar-refractivity contribution in [1.29, 1.82) is 0 Å². The van der Waals surface area contributed by atoms with Crippen molar-refractivity contribution < 1.29 is 19.0 Å². The van der Waals surface area contributed by atoms with Crippen LogP contribution in [-0.2, 0) is 11.3 Å². The number of benzene rings is 2. The molecular weight excluding hydrogens is 433 g/mol. The highest BCUT2D eigenvalue weighted by atomic mass is 19.1. The molecule has 0 radical (unpaired) electrons. The number of aliphatic hydroxyl groups is 1. The molecule has 1 heterocycles. The zero-order valence-electron chi connectivity index (χ0n) is 19.9. The summed E-state index contributed by atoms with van der Waals surface area (Å²) in [6.45, 7) is 8.22. The minimum atomic E-state index is -0.682. The van der Waals surface area contributed by atoms with Gasteiger partial charge in [-0.25, -0.2) is 9.07 Å². The maximum absolute atomic E-state index is 13.5. The average molecular weight is 466 g/mol. The molecule has 1 N–H and O–H groups in total. The number of hydrogen-bond acceptors (Lipinski definition) is 5. The summed E-state index contributed by atoms with van der Waals surface area (Å²) in [6, 6.07) is 15.6. The largest absolute Gasteiger partial charge is 0.439 e. The fraction of sp³-hybridized carbons (Fsp3) is 0.370. The van der Waals surface area contributed by atoms with Crippen molar-refractivity contribution in [3.05, 3.63) is 71.7 Å². The van der Waals surface area contributed by atoms with E-state index in [1.807, 2.05) is 37.3 Å². The van der Waals surface area contributed by atoms with Gasteiger partial charge >= 0.3 is 0 Å². The molecule has 6 nitrogen and oxygen atoms in total. The van der Waals surface area contributed by atoms with Crippen LogP contribution in [0.3, 0.4) is 0 Å². The van der Waals surface area contributed by atoms with Crippen LogP contribution in [0.25, 0.3) is 5.69 Å². The third kappa shape index (κ3) is 7.16. The van der Waals surface area contributed by atoms with Crippen LogP contribution in [0, 0.1) is 31.0 Å². The van der Waals surface area contributed by atoms with Crippen LogP contribution in [0.4, 0.5) is 4.39 Å². The Morgan fingerprint density at radius 1 is 1.12 bits per heavy atom. The van der Waals surface area contributed by atoms with Crippen LogP contribution in [-0.4, -0.2) is 52.2 Å². The predicted molar refractivity (Wildman–Crippen MR) is 131 cm³/mol. The fourth-order valence-corrected chi connectivity index (χ4v) is 3.73. The smallest absolute Gasteiger partial charge is 0.227 e. The molecule has 0 aliphatic heterocycles. The fourth-order valence-electron chi connectivity index (χ4n) is 3.73. The number of rotatable bonds is 12. The minimum Gasteiger partial charge on any atom is -0.439 e. The Bertz CT molecular complexity index is 1070. The van der Waals surface area contributed by atoms with E-state index in [1.54, 1.807) is 16.8 Å². The van der Waals surface area contributed by atoms with E-state index in [1.165, 1.54) is 12.1 Å². The summed E-state index contributed by atoms with van der Waals surface area (Å²) < 4.78 is 26.8. The molecule has 0 aliphatic carbocycles. The Morgan fingerprint density at radius 2 is 1.82 bits per heavy atom. The summed E-state index contributed by atoms with van der Waals surface area (Å²) in [6.07, 6.45) is 4.55. The number of terminal acetylenes is 1. The van der Waals surface area contributed by atoms with Gasteiger partial charge in [-0.15, -0.1) is 6.42 Å². The van der Waals surface area contributed by atoms with E-state index in [0.717, 1.165) is 23.5 Å². The Morgan fingerprint density at radius 3 is 2.47 bits per heavy atom. The highest BCUT2D eigenvalue weighted by molar-refractivity contribution is 5.43. The summed E-state index contributed by atoms with van der Waals surface area (Å²) in [5.41, 5.74) is 2.56. The number of halogens is 1. The van der Waals surface area contributed by atoms with Crippen molar-refractivity contribution in [2.75, 3.05) is 26.3 Å². The van der Waals surface area contributed by atoms with E-state index in [4.69, 9.17) is 21.0 Å². The number of aryl methyl sites for hydroxylation is 1. The molecule has 7 heteroatoms. The first kappa shape index (κ1) is 25.4. The zero-order valence-corrected chi connectivity index (χ0v) is 19.9. The quantitative estimate of drug-likeness (QED) is 0.313. The van der Waals surface area contributed by atoms with E-state index < -0.39 is 6.10 Å². The van der Waals surface area contributed by atoms with Crippen LogP contribution in [0.1, 0.15) is 25.1 Å². The maximum atomic E-state index is 13.5. The molecule has 0 saturated carbocycles. The lowest BCUT2D eigenvalue weighted by Crippen LogP contribution is -2.37. The van der Waals surface area contributed by atoms with Crippen LogP contribution in [0.2, 0.25) is 0 Å². The Labute approximate surface area is 200 Å². The highest BCUT2D eigenvalue weighted by Gasteiger charge is 2.23. The molecule has 0 fully saturated rings. The molecule has 1 unspecified atom stereocenters. The van der Waals surface area contributed by atoms with Crippen molar-refractivity contribution in [1.82, 2.24) is 14.7 Å². The first-order valence-electron chi connectivity index (χ1n) is 11.4. The van der Waals surface area contributed by atoms with Crippen LogP contribution in [0.5, 0.6) is 11.6 Å². The van der Waals surface area contributed by atoms with Crippen molar-refractivity contribution in [2.24, 2.45) is 5.92 Å². The molecule has 34 heavy (non-hydrogen) atoms. The minimum absolute atomic E-state index is 0.167. The van der Waals surface area contributed by atoms with Gasteiger partial charge in [0.25, 0.3) is 0 Å². The molecule has 1 aromatic heterocycles. The van der Waals surface area contributed by atoms with Gasteiger partial charge in [0.2, 0.25) is 5.88 Å². The van der Waals surface area contributed by atoms with Crippen molar-refractivity contribution in [3.63, 3.8) is 0 Å². The van der Waals surface area contributed by atoms with Gasteiger partial charge in [0, 0.05) is 19.6 Å². The van der Waals surface area contributed by atoms with Crippen LogP contribution in [0.15, 0.2) is 54.6 Å². The number of nitrogens with zero attached hydrogens (tertiary/aromatic N) is 3. The third-order valence-corrected chi connectivity index (χ3v) is 5.14. The van der Waals surface area contributed by atoms with Gasteiger partial charge in [0.15, 0.2) is 0 Å². The van der Waals surface area contributed by atoms with Crippen molar-refractivity contribution in [2.45, 2.75) is 33.4 Å². The Hall–Kier alpha value is -3.18. The number of aromatic nitrogens is 2. The molecule has 0 aliphatic rings. The zero-order chi connectivity index (χ0) is 24.5. The molecule has 0 saturated heterocycles. The summed E-state index contributed by atoms with van der Waals surface area (Å²) in [5, 5.41) is 15.2. The lowest BCUT2D eigenvalue weighted by Gasteiger charge is -2.27. The molecule has 0 bridgehead atoms. The number of ether oxygens (including phenoxy) is 2. The summed E-state index contributed by atoms with van der Waals surface area (Å²) >= 11 is 0. The average Bonchev–Trinajstić information content (AvgIpc) is 3.10. The maximum Gasteiger partial charge on any atom is 0.227 e. The van der Waals surface area contributed by atoms with Gasteiger partial charge in [0.05, 0.1) is 29.7 Å². The van der Waals surface area contributed by atoms with E-state index >= 15 is 0 Å². The number of para-hydroxylation sites is 1. The summed E-state index contributed by atoms with van der Waals surface area (Å²) in [5.74, 6) is 3.53. The molecule has 3 rings (SSSR count). The second-order valence-corrected chi connectivity index (χ2v) is 8.63. The van der Waals surface area contributed by atoms with E-state index in [0.29, 0.717) is 30.6 Å². The molecule has 3 aromatic rings. The van der Waals surface area contributed by atoms with Gasteiger partial charge in [-0.05, 0) is 49.2 Å². The molecule has 1 atom stereocenters. The second-order valence-electron chi connectivity index (χ2n) is 8.63. The number of hydrogen-bond donors (Lipinski definition) is 1. The van der Waals surface area contributed by atoms with Crippen molar-refractivity contribution in [3.8, 4) is 29.7 Å². The molecule has 0 spiro atoms. The second kappa shape index (κ2) is 12.3. The van der Waals surface area contributed by atoms with Gasteiger partial charge in [-0.2, -0.15) is 5.10 Å². The molecule has 2 aromatic carbocycles. The van der Waals surface area contributed by atoms with Gasteiger partial charge in [-0.3, -0.25) is 4.90 Å². The summed E-state index contributed by atoms with van der Waals surface area (Å²) in [4.78, 5) is 2.16. The number of aliphatic hydroxyl groups excluding tert-OH is 1. The first-order valence-corrected chi connectivity index (χ1v) is 11.4. The Kier molecular flexibility index (Phi) is 9.23. The van der Waals surface area contributed by atoms with Crippen LogP contribution < -0.4 is 4.74 Å². The monoisotopic (exact) mass is 465 g/mol. The predicted octanol–water partition coefficient (Wildman–Crippen LogP) is 4.58. The SMILES string of the molecule is C#CCOCC(O)CN(Cc1c(C)nn(-c2ccccc2)c1Oc1ccc(F)cc1)CC(C)C. The Balaban J connectivity index is 1.93. The lowest BCUT2D eigenvalue weighted by molar-refractivity contribution is 0.0236. The molecular formula is C27H32FN3O3. The van der Waals surface area contributed by atoms with Crippen LogP contribution >= 0.6 is 0 Å². The molecule has 0 amide bonds. The van der Waals surface area contributed by atoms with E-state index in [-0.39, 0.29) is 19.0 Å².